The van der Waals surface area contributed by atoms with Crippen molar-refractivity contribution in [2.45, 2.75) is 0 Å². The van der Waals surface area contributed by atoms with E-state index in [1.807, 2.05) is 5.38 Å². The van der Waals surface area contributed by atoms with Gasteiger partial charge in [0.05, 0.1) is 12.4 Å². The van der Waals surface area contributed by atoms with E-state index in [4.69, 9.17) is 5.73 Å². The number of nitrogens with zero attached hydrogens (tertiary/aromatic N) is 3. The molecule has 0 spiro atoms. The monoisotopic (exact) mass is 256 g/mol. The van der Waals surface area contributed by atoms with E-state index in [2.05, 4.69) is 30.9 Å². The molecule has 2 N–H and O–H groups in total. The number of nitrogens with two attached hydrogens (primary N) is 1. The average Bonchev–Trinajstić information content (AvgIpc) is 2.53. The van der Waals surface area contributed by atoms with E-state index in [1.165, 1.54) is 17.5 Å². The molecule has 4 nitrogen and oxygen atoms in total. The summed E-state index contributed by atoms with van der Waals surface area (Å²) in [4.78, 5) is 12.2. The van der Waals surface area contributed by atoms with Gasteiger partial charge in [-0.15, -0.1) is 11.3 Å². The van der Waals surface area contributed by atoms with Gasteiger partial charge in [0, 0.05) is 5.38 Å². The summed E-state index contributed by atoms with van der Waals surface area (Å²) in [7, 11) is 0. The smallest absolute Gasteiger partial charge is 0.144 e. The van der Waals surface area contributed by atoms with E-state index < -0.39 is 0 Å². The standard InChI is InChI=1S/C7H5BrN4S/c8-5-3-13-7(12-5)4-1-11-6(9)2-10-4/h1-3H,(H2,9,11). The molecule has 0 amide bonds. The van der Waals surface area contributed by atoms with Crippen LogP contribution in [0.4, 0.5) is 5.82 Å². The summed E-state index contributed by atoms with van der Waals surface area (Å²) in [6.45, 7) is 0. The van der Waals surface area contributed by atoms with Gasteiger partial charge >= 0.3 is 0 Å². The fourth-order valence-electron chi connectivity index (χ4n) is 0.820. The second kappa shape index (κ2) is 3.39. The third-order valence-electron chi connectivity index (χ3n) is 1.37. The van der Waals surface area contributed by atoms with Crippen molar-refractivity contribution in [1.29, 1.82) is 0 Å². The van der Waals surface area contributed by atoms with Gasteiger partial charge < -0.3 is 5.73 Å². The minimum absolute atomic E-state index is 0.416. The van der Waals surface area contributed by atoms with E-state index in [9.17, 15) is 0 Å². The maximum absolute atomic E-state index is 5.41. The van der Waals surface area contributed by atoms with Crippen LogP contribution < -0.4 is 5.73 Å². The summed E-state index contributed by atoms with van der Waals surface area (Å²) < 4.78 is 0.811. The fraction of sp³-hybridized carbons (Fsp3) is 0. The van der Waals surface area contributed by atoms with Crippen molar-refractivity contribution in [3.63, 3.8) is 0 Å². The van der Waals surface area contributed by atoms with Crippen molar-refractivity contribution in [2.75, 3.05) is 5.73 Å². The molecule has 0 radical (unpaired) electrons. The van der Waals surface area contributed by atoms with Crippen molar-refractivity contribution in [3.05, 3.63) is 22.4 Å². The van der Waals surface area contributed by atoms with Crippen molar-refractivity contribution in [3.8, 4) is 10.7 Å². The van der Waals surface area contributed by atoms with Gasteiger partial charge in [0.2, 0.25) is 0 Å². The highest BCUT2D eigenvalue weighted by atomic mass is 79.9. The molecule has 66 valence electrons. The zero-order valence-electron chi connectivity index (χ0n) is 6.44. The molecule has 13 heavy (non-hydrogen) atoms. The van der Waals surface area contributed by atoms with Crippen molar-refractivity contribution >= 4 is 33.1 Å². The molecule has 2 heterocycles. The number of hydrogen-bond donors (Lipinski definition) is 1. The van der Waals surface area contributed by atoms with Gasteiger partial charge in [-0.2, -0.15) is 0 Å². The van der Waals surface area contributed by atoms with Crippen LogP contribution in [-0.2, 0) is 0 Å². The number of anilines is 1. The molecule has 0 aliphatic heterocycles. The van der Waals surface area contributed by atoms with E-state index in [1.54, 1.807) is 6.20 Å². The molecule has 0 saturated heterocycles. The van der Waals surface area contributed by atoms with Gasteiger partial charge in [0.25, 0.3) is 0 Å². The zero-order chi connectivity index (χ0) is 9.26. The van der Waals surface area contributed by atoms with Gasteiger partial charge in [-0.25, -0.2) is 15.0 Å². The maximum Gasteiger partial charge on any atom is 0.144 e. The third-order valence-corrected chi connectivity index (χ3v) is 2.94. The third kappa shape index (κ3) is 1.84. The first kappa shape index (κ1) is 8.58. The highest BCUT2D eigenvalue weighted by Crippen LogP contribution is 2.23. The lowest BCUT2D eigenvalue weighted by molar-refractivity contribution is 1.20. The molecule has 0 saturated carbocycles. The number of thiazole rings is 1. The average molecular weight is 257 g/mol. The minimum Gasteiger partial charge on any atom is -0.382 e. The van der Waals surface area contributed by atoms with Crippen LogP contribution in [0, 0.1) is 0 Å². The number of aromatic nitrogens is 3. The fourth-order valence-corrected chi connectivity index (χ4v) is 2.03. The van der Waals surface area contributed by atoms with Crippen LogP contribution >= 0.6 is 27.3 Å². The van der Waals surface area contributed by atoms with E-state index >= 15 is 0 Å². The lowest BCUT2D eigenvalue weighted by atomic mass is 10.5. The predicted molar refractivity (Wildman–Crippen MR) is 55.3 cm³/mol. The highest BCUT2D eigenvalue weighted by Gasteiger charge is 2.03. The van der Waals surface area contributed by atoms with Crippen LogP contribution in [-0.4, -0.2) is 15.0 Å². The number of rotatable bonds is 1. The number of nitrogen functional groups attached to an aromatic ring is 1. The second-order valence-corrected chi connectivity index (χ2v) is 3.97. The topological polar surface area (TPSA) is 64.7 Å². The normalized spacial score (nSPS) is 10.2. The Bertz CT molecular complexity index is 411. The summed E-state index contributed by atoms with van der Waals surface area (Å²) in [6.07, 6.45) is 3.13. The van der Waals surface area contributed by atoms with Gasteiger partial charge in [-0.05, 0) is 15.9 Å². The Hall–Kier alpha value is -1.01. The Labute approximate surface area is 87.0 Å². The molecule has 0 aromatic carbocycles. The van der Waals surface area contributed by atoms with E-state index in [-0.39, 0.29) is 0 Å². The lowest BCUT2D eigenvalue weighted by Gasteiger charge is -1.94. The van der Waals surface area contributed by atoms with Crippen molar-refractivity contribution < 1.29 is 0 Å². The van der Waals surface area contributed by atoms with Crippen LogP contribution in [0.3, 0.4) is 0 Å². The molecular weight excluding hydrogens is 252 g/mol. The minimum atomic E-state index is 0.416. The first-order chi connectivity index (χ1) is 6.25. The lowest BCUT2D eigenvalue weighted by Crippen LogP contribution is -1.91. The SMILES string of the molecule is Nc1cnc(-c2nc(Br)cs2)cn1. The molecule has 0 atom stereocenters. The molecule has 0 aliphatic carbocycles. The predicted octanol–water partition coefficient (Wildman–Crippen LogP) is 1.94. The Balaban J connectivity index is 2.41. The number of hydrogen-bond acceptors (Lipinski definition) is 5. The Morgan fingerprint density at radius 2 is 2.15 bits per heavy atom. The summed E-state index contributed by atoms with van der Waals surface area (Å²) in [6, 6.07) is 0. The summed E-state index contributed by atoms with van der Waals surface area (Å²) in [5, 5.41) is 2.73. The molecule has 2 aromatic heterocycles. The van der Waals surface area contributed by atoms with Gasteiger partial charge in [0.15, 0.2) is 0 Å². The van der Waals surface area contributed by atoms with Crippen LogP contribution in [0.1, 0.15) is 0 Å². The van der Waals surface area contributed by atoms with Crippen molar-refractivity contribution in [1.82, 2.24) is 15.0 Å². The van der Waals surface area contributed by atoms with Crippen LogP contribution in [0.5, 0.6) is 0 Å². The molecular formula is C7H5BrN4S. The molecule has 0 fully saturated rings. The first-order valence-electron chi connectivity index (χ1n) is 3.44. The molecule has 2 aromatic rings. The first-order valence-corrected chi connectivity index (χ1v) is 5.12. The molecule has 0 aliphatic rings. The van der Waals surface area contributed by atoms with E-state index in [0.29, 0.717) is 5.82 Å². The summed E-state index contributed by atoms with van der Waals surface area (Å²) in [5.41, 5.74) is 6.15. The van der Waals surface area contributed by atoms with Gasteiger partial charge in [-0.3, -0.25) is 0 Å². The Kier molecular flexibility index (Phi) is 2.24. The van der Waals surface area contributed by atoms with Crippen LogP contribution in [0.2, 0.25) is 0 Å². The maximum atomic E-state index is 5.41. The Morgan fingerprint density at radius 3 is 2.69 bits per heavy atom. The van der Waals surface area contributed by atoms with Gasteiger partial charge in [-0.1, -0.05) is 0 Å². The van der Waals surface area contributed by atoms with E-state index in [0.717, 1.165) is 15.3 Å². The van der Waals surface area contributed by atoms with Crippen LogP contribution in [0.25, 0.3) is 10.7 Å². The molecule has 2 rings (SSSR count). The van der Waals surface area contributed by atoms with Crippen molar-refractivity contribution in [2.24, 2.45) is 0 Å². The summed E-state index contributed by atoms with van der Waals surface area (Å²) >= 11 is 4.78. The second-order valence-electron chi connectivity index (χ2n) is 2.30. The molecule has 0 bridgehead atoms. The summed E-state index contributed by atoms with van der Waals surface area (Å²) in [5.74, 6) is 0.416. The number of halogens is 1. The largest absolute Gasteiger partial charge is 0.382 e. The zero-order valence-corrected chi connectivity index (χ0v) is 8.84. The van der Waals surface area contributed by atoms with Crippen LogP contribution in [0.15, 0.2) is 22.4 Å². The quantitative estimate of drug-likeness (QED) is 0.847. The molecule has 0 unspecified atom stereocenters. The van der Waals surface area contributed by atoms with Gasteiger partial charge in [0.1, 0.15) is 21.1 Å². The highest BCUT2D eigenvalue weighted by molar-refractivity contribution is 9.10. The molecule has 6 heteroatoms. The Morgan fingerprint density at radius 1 is 1.31 bits per heavy atom.